The number of aliphatic hydroxyl groups is 1. The molecule has 0 aliphatic carbocycles. The molecule has 98 valence electrons. The van der Waals surface area contributed by atoms with E-state index in [1.165, 1.54) is 16.7 Å². The van der Waals surface area contributed by atoms with E-state index in [0.717, 1.165) is 0 Å². The second-order valence-corrected chi connectivity index (χ2v) is 4.69. The van der Waals surface area contributed by atoms with Crippen molar-refractivity contribution in [3.05, 3.63) is 0 Å². The predicted molar refractivity (Wildman–Crippen MR) is 59.1 cm³/mol. The molecule has 1 aliphatic rings. The van der Waals surface area contributed by atoms with Gasteiger partial charge in [-0.15, -0.1) is 0 Å². The Morgan fingerprint density at radius 1 is 1.59 bits per heavy atom. The third-order valence-corrected chi connectivity index (χ3v) is 3.12. The molecule has 0 saturated carbocycles. The van der Waals surface area contributed by atoms with Gasteiger partial charge in [-0.3, -0.25) is 9.59 Å². The molecule has 2 amide bonds. The number of alkyl halides is 2. The number of thioether (sulfide) groups is 1. The summed E-state index contributed by atoms with van der Waals surface area (Å²) < 4.78 is 25.2. The molecule has 1 saturated heterocycles. The maximum atomic E-state index is 12.6. The minimum atomic E-state index is -3.30. The molecule has 0 aromatic rings. The highest BCUT2D eigenvalue weighted by atomic mass is 32.2. The monoisotopic (exact) mass is 268 g/mol. The summed E-state index contributed by atoms with van der Waals surface area (Å²) in [7, 11) is 0. The van der Waals surface area contributed by atoms with Crippen LogP contribution in [-0.4, -0.2) is 59.1 Å². The Bertz CT molecular complexity index is 302. The summed E-state index contributed by atoms with van der Waals surface area (Å²) in [5.41, 5.74) is 0. The summed E-state index contributed by atoms with van der Waals surface area (Å²) in [6, 6.07) is 0. The summed E-state index contributed by atoms with van der Waals surface area (Å²) in [6.45, 7) is -1.36. The number of hydrogen-bond acceptors (Lipinski definition) is 4. The zero-order chi connectivity index (χ0) is 12.9. The summed E-state index contributed by atoms with van der Waals surface area (Å²) in [5.74, 6) is -3.15. The molecule has 0 aromatic heterocycles. The Balaban J connectivity index is 2.19. The molecule has 0 aromatic carbocycles. The van der Waals surface area contributed by atoms with Gasteiger partial charge in [-0.25, -0.2) is 8.78 Å². The fourth-order valence-corrected chi connectivity index (χ4v) is 2.09. The second-order valence-electron chi connectivity index (χ2n) is 3.64. The van der Waals surface area contributed by atoms with E-state index in [1.54, 1.807) is 0 Å². The zero-order valence-corrected chi connectivity index (χ0v) is 9.93. The molecule has 1 heterocycles. The van der Waals surface area contributed by atoms with Gasteiger partial charge in [0.1, 0.15) is 6.61 Å². The maximum Gasteiger partial charge on any atom is 0.287 e. The van der Waals surface area contributed by atoms with E-state index in [2.05, 4.69) is 0 Å². The topological polar surface area (TPSA) is 69.6 Å². The first-order valence-electron chi connectivity index (χ1n) is 5.12. The quantitative estimate of drug-likeness (QED) is 0.726. The van der Waals surface area contributed by atoms with Gasteiger partial charge < -0.3 is 15.3 Å². The lowest BCUT2D eigenvalue weighted by Crippen LogP contribution is -2.40. The van der Waals surface area contributed by atoms with Crippen molar-refractivity contribution >= 4 is 22.9 Å². The molecule has 0 unspecified atom stereocenters. The van der Waals surface area contributed by atoms with E-state index >= 15 is 0 Å². The SMILES string of the molecule is O=C(CCN1CCSC1=O)NCC(F)(F)CO. The Kier molecular flexibility index (Phi) is 5.13. The van der Waals surface area contributed by atoms with Gasteiger partial charge in [0.2, 0.25) is 5.91 Å². The average molecular weight is 268 g/mol. The van der Waals surface area contributed by atoms with Gasteiger partial charge in [-0.05, 0) is 0 Å². The van der Waals surface area contributed by atoms with Gasteiger partial charge in [-0.2, -0.15) is 0 Å². The van der Waals surface area contributed by atoms with Crippen LogP contribution in [-0.2, 0) is 4.79 Å². The number of carbonyl (C=O) groups excluding carboxylic acids is 2. The molecule has 1 fully saturated rings. The van der Waals surface area contributed by atoms with Crippen molar-refractivity contribution in [3.8, 4) is 0 Å². The second kappa shape index (κ2) is 6.15. The van der Waals surface area contributed by atoms with Crippen molar-refractivity contribution in [2.45, 2.75) is 12.3 Å². The van der Waals surface area contributed by atoms with Crippen molar-refractivity contribution in [1.29, 1.82) is 0 Å². The summed E-state index contributed by atoms with van der Waals surface area (Å²) in [6.07, 6.45) is -0.00614. The molecule has 0 atom stereocenters. The molecule has 17 heavy (non-hydrogen) atoms. The van der Waals surface area contributed by atoms with Gasteiger partial charge in [0.15, 0.2) is 0 Å². The first-order chi connectivity index (χ1) is 7.94. The Morgan fingerprint density at radius 2 is 2.29 bits per heavy atom. The summed E-state index contributed by atoms with van der Waals surface area (Å²) in [5, 5.41) is 10.2. The smallest absolute Gasteiger partial charge is 0.287 e. The van der Waals surface area contributed by atoms with Crippen molar-refractivity contribution in [1.82, 2.24) is 10.2 Å². The normalized spacial score (nSPS) is 16.4. The van der Waals surface area contributed by atoms with Crippen LogP contribution in [0.5, 0.6) is 0 Å². The number of carbonyl (C=O) groups is 2. The molecule has 8 heteroatoms. The predicted octanol–water partition coefficient (Wildman–Crippen LogP) is 0.289. The third kappa shape index (κ3) is 4.86. The number of nitrogens with one attached hydrogen (secondary N) is 1. The summed E-state index contributed by atoms with van der Waals surface area (Å²) in [4.78, 5) is 23.9. The van der Waals surface area contributed by atoms with Crippen LogP contribution < -0.4 is 5.32 Å². The number of aliphatic hydroxyl groups excluding tert-OH is 1. The Hall–Kier alpha value is -0.890. The molecular formula is C9H14F2N2O3S. The fraction of sp³-hybridized carbons (Fsp3) is 0.778. The lowest BCUT2D eigenvalue weighted by atomic mass is 10.3. The number of hydrogen-bond donors (Lipinski definition) is 2. The maximum absolute atomic E-state index is 12.6. The minimum absolute atomic E-state index is 0.00614. The number of amides is 2. The molecule has 1 aliphatic heterocycles. The van der Waals surface area contributed by atoms with E-state index in [4.69, 9.17) is 5.11 Å². The highest BCUT2D eigenvalue weighted by Crippen LogP contribution is 2.17. The van der Waals surface area contributed by atoms with Crippen LogP contribution in [0.15, 0.2) is 0 Å². The van der Waals surface area contributed by atoms with E-state index in [9.17, 15) is 18.4 Å². The molecule has 5 nitrogen and oxygen atoms in total. The largest absolute Gasteiger partial charge is 0.390 e. The minimum Gasteiger partial charge on any atom is -0.390 e. The van der Waals surface area contributed by atoms with Crippen molar-refractivity contribution in [2.75, 3.05) is 32.0 Å². The average Bonchev–Trinajstić information content (AvgIpc) is 2.70. The highest BCUT2D eigenvalue weighted by Gasteiger charge is 2.28. The lowest BCUT2D eigenvalue weighted by Gasteiger charge is -2.16. The first kappa shape index (κ1) is 14.2. The van der Waals surface area contributed by atoms with Crippen LogP contribution in [0.3, 0.4) is 0 Å². The van der Waals surface area contributed by atoms with Crippen LogP contribution >= 0.6 is 11.8 Å². The molecule has 0 radical (unpaired) electrons. The number of nitrogens with zero attached hydrogens (tertiary/aromatic N) is 1. The third-order valence-electron chi connectivity index (χ3n) is 2.23. The Morgan fingerprint density at radius 3 is 2.82 bits per heavy atom. The van der Waals surface area contributed by atoms with Crippen LogP contribution in [0.1, 0.15) is 6.42 Å². The van der Waals surface area contributed by atoms with Crippen molar-refractivity contribution in [3.63, 3.8) is 0 Å². The van der Waals surface area contributed by atoms with Gasteiger partial charge in [0.05, 0.1) is 6.54 Å². The van der Waals surface area contributed by atoms with Gasteiger partial charge in [-0.1, -0.05) is 11.8 Å². The van der Waals surface area contributed by atoms with E-state index in [-0.39, 0.29) is 18.2 Å². The van der Waals surface area contributed by atoms with E-state index in [1.807, 2.05) is 5.32 Å². The highest BCUT2D eigenvalue weighted by molar-refractivity contribution is 8.13. The van der Waals surface area contributed by atoms with E-state index < -0.39 is 25.0 Å². The number of rotatable bonds is 6. The van der Waals surface area contributed by atoms with Gasteiger partial charge in [0.25, 0.3) is 11.2 Å². The van der Waals surface area contributed by atoms with Gasteiger partial charge in [0, 0.05) is 25.3 Å². The molecule has 2 N–H and O–H groups in total. The summed E-state index contributed by atoms with van der Waals surface area (Å²) >= 11 is 1.18. The molecule has 0 spiro atoms. The fourth-order valence-electron chi connectivity index (χ4n) is 1.24. The lowest BCUT2D eigenvalue weighted by molar-refractivity contribution is -0.124. The standard InChI is InChI=1S/C9H14F2N2O3S/c10-9(11,6-14)5-12-7(15)1-2-13-3-4-17-8(13)16/h14H,1-6H2,(H,12,15). The van der Waals surface area contributed by atoms with Crippen molar-refractivity contribution < 1.29 is 23.5 Å². The van der Waals surface area contributed by atoms with Crippen LogP contribution in [0, 0.1) is 0 Å². The Labute approximate surface area is 102 Å². The van der Waals surface area contributed by atoms with Crippen LogP contribution in [0.2, 0.25) is 0 Å². The van der Waals surface area contributed by atoms with Gasteiger partial charge >= 0.3 is 0 Å². The first-order valence-corrected chi connectivity index (χ1v) is 6.10. The van der Waals surface area contributed by atoms with E-state index in [0.29, 0.717) is 12.3 Å². The van der Waals surface area contributed by atoms with Crippen LogP contribution in [0.4, 0.5) is 13.6 Å². The zero-order valence-electron chi connectivity index (χ0n) is 9.12. The molecular weight excluding hydrogens is 254 g/mol. The number of halogens is 2. The van der Waals surface area contributed by atoms with Crippen LogP contribution in [0.25, 0.3) is 0 Å². The van der Waals surface area contributed by atoms with Crippen molar-refractivity contribution in [2.24, 2.45) is 0 Å². The molecule has 1 rings (SSSR count). The molecule has 0 bridgehead atoms.